The number of carbonyl (C=O) groups is 2. The molecule has 1 saturated heterocycles. The smallest absolute Gasteiger partial charge is 0.306 e. The molecule has 1 aliphatic rings. The van der Waals surface area contributed by atoms with Gasteiger partial charge in [-0.05, 0) is 44.9 Å². The number of esters is 2. The van der Waals surface area contributed by atoms with E-state index in [1.54, 1.807) is 0 Å². The summed E-state index contributed by atoms with van der Waals surface area (Å²) in [7, 11) is -4.61. The van der Waals surface area contributed by atoms with Gasteiger partial charge < -0.3 is 34.3 Å². The van der Waals surface area contributed by atoms with Gasteiger partial charge in [-0.15, -0.1) is 0 Å². The Bertz CT molecular complexity index is 1360. The van der Waals surface area contributed by atoms with Crippen LogP contribution in [0.1, 0.15) is 264 Å². The minimum atomic E-state index is -4.61. The van der Waals surface area contributed by atoms with E-state index >= 15 is 0 Å². The van der Waals surface area contributed by atoms with E-state index in [9.17, 15) is 37.9 Å². The van der Waals surface area contributed by atoms with E-state index in [0.717, 1.165) is 51.4 Å². The van der Waals surface area contributed by atoms with Crippen molar-refractivity contribution in [2.45, 2.75) is 301 Å². The maximum absolute atomic E-state index is 12.9. The first-order chi connectivity index (χ1) is 33.5. The van der Waals surface area contributed by atoms with Crippen molar-refractivity contribution in [3.8, 4) is 0 Å². The molecule has 13 heteroatoms. The summed E-state index contributed by atoms with van der Waals surface area (Å²) in [5.41, 5.74) is 0. The molecule has 0 bridgehead atoms. The van der Waals surface area contributed by atoms with Crippen molar-refractivity contribution in [3.05, 3.63) is 24.3 Å². The second kappa shape index (κ2) is 46.0. The van der Waals surface area contributed by atoms with Gasteiger partial charge in [0.25, 0.3) is 10.1 Å². The van der Waals surface area contributed by atoms with Crippen LogP contribution in [0.5, 0.6) is 0 Å². The summed E-state index contributed by atoms with van der Waals surface area (Å²) in [6, 6.07) is 0. The number of ether oxygens (including phenoxy) is 4. The van der Waals surface area contributed by atoms with Gasteiger partial charge in [-0.2, -0.15) is 8.42 Å². The van der Waals surface area contributed by atoms with Crippen molar-refractivity contribution in [3.63, 3.8) is 0 Å². The molecule has 1 fully saturated rings. The summed E-state index contributed by atoms with van der Waals surface area (Å²) in [4.78, 5) is 25.6. The number of carbonyl (C=O) groups excluding carboxylic acids is 2. The Labute approximate surface area is 421 Å². The first kappa shape index (κ1) is 65.1. The maximum Gasteiger partial charge on any atom is 0.306 e. The van der Waals surface area contributed by atoms with E-state index in [2.05, 4.69) is 38.2 Å². The van der Waals surface area contributed by atoms with Gasteiger partial charge in [0.2, 0.25) is 0 Å². The van der Waals surface area contributed by atoms with Crippen molar-refractivity contribution < 1.29 is 56.8 Å². The van der Waals surface area contributed by atoms with Crippen molar-refractivity contribution >= 4 is 22.1 Å². The Morgan fingerprint density at radius 2 is 0.870 bits per heavy atom. The number of hydrogen-bond acceptors (Lipinski definition) is 11. The molecule has 6 atom stereocenters. The van der Waals surface area contributed by atoms with E-state index in [4.69, 9.17) is 18.9 Å². The van der Waals surface area contributed by atoms with Crippen LogP contribution in [0.2, 0.25) is 0 Å². The van der Waals surface area contributed by atoms with Gasteiger partial charge >= 0.3 is 11.9 Å². The van der Waals surface area contributed by atoms with Crippen LogP contribution in [0.25, 0.3) is 0 Å². The summed E-state index contributed by atoms with van der Waals surface area (Å²) < 4.78 is 54.4. The Kier molecular flexibility index (Phi) is 43.4. The van der Waals surface area contributed by atoms with Crippen LogP contribution in [0.3, 0.4) is 0 Å². The highest BCUT2D eigenvalue weighted by molar-refractivity contribution is 7.85. The van der Waals surface area contributed by atoms with Crippen LogP contribution < -0.4 is 0 Å². The van der Waals surface area contributed by atoms with Crippen LogP contribution >= 0.6 is 0 Å². The number of aliphatic hydroxyl groups is 3. The first-order valence-corrected chi connectivity index (χ1v) is 30.0. The molecule has 0 amide bonds. The third kappa shape index (κ3) is 40.3. The highest BCUT2D eigenvalue weighted by Gasteiger charge is 2.46. The molecule has 406 valence electrons. The van der Waals surface area contributed by atoms with Gasteiger partial charge in [-0.25, -0.2) is 0 Å². The average molecular weight is 1000 g/mol. The molecule has 0 aromatic carbocycles. The summed E-state index contributed by atoms with van der Waals surface area (Å²) in [5.74, 6) is -1.97. The maximum atomic E-state index is 12.9. The molecule has 1 rings (SSSR count). The minimum Gasteiger partial charge on any atom is -0.462 e. The Balaban J connectivity index is 2.31. The first-order valence-electron chi connectivity index (χ1n) is 28.4. The lowest BCUT2D eigenvalue weighted by molar-refractivity contribution is -0.297. The van der Waals surface area contributed by atoms with Gasteiger partial charge in [0.15, 0.2) is 12.4 Å². The van der Waals surface area contributed by atoms with E-state index < -0.39 is 71.2 Å². The number of hydrogen-bond donors (Lipinski definition) is 4. The largest absolute Gasteiger partial charge is 0.462 e. The molecule has 0 aromatic rings. The third-order valence-corrected chi connectivity index (χ3v) is 14.0. The summed E-state index contributed by atoms with van der Waals surface area (Å²) >= 11 is 0. The highest BCUT2D eigenvalue weighted by atomic mass is 32.2. The predicted molar refractivity (Wildman–Crippen MR) is 280 cm³/mol. The fraction of sp³-hybridized carbons (Fsp3) is 0.893. The van der Waals surface area contributed by atoms with Crippen LogP contribution in [0.4, 0.5) is 0 Å². The van der Waals surface area contributed by atoms with Crippen molar-refractivity contribution in [1.29, 1.82) is 0 Å². The lowest BCUT2D eigenvalue weighted by Crippen LogP contribution is -2.60. The number of allylic oxidation sites excluding steroid dienone is 4. The fourth-order valence-corrected chi connectivity index (χ4v) is 9.58. The second-order valence-corrected chi connectivity index (χ2v) is 21.5. The molecule has 4 N–H and O–H groups in total. The second-order valence-electron chi connectivity index (χ2n) is 20.0. The summed E-state index contributed by atoms with van der Waals surface area (Å²) in [6.45, 7) is 3.79. The molecule has 0 spiro atoms. The molecular weight excluding hydrogens is 897 g/mol. The Morgan fingerprint density at radius 1 is 0.493 bits per heavy atom. The monoisotopic (exact) mass is 1000 g/mol. The fourth-order valence-electron chi connectivity index (χ4n) is 8.89. The molecule has 0 radical (unpaired) electrons. The predicted octanol–water partition coefficient (Wildman–Crippen LogP) is 13.5. The van der Waals surface area contributed by atoms with Crippen LogP contribution in [-0.4, -0.2) is 96.0 Å². The molecule has 0 aromatic heterocycles. The van der Waals surface area contributed by atoms with E-state index in [-0.39, 0.29) is 19.4 Å². The zero-order chi connectivity index (χ0) is 50.5. The van der Waals surface area contributed by atoms with E-state index in [0.29, 0.717) is 12.8 Å². The zero-order valence-electron chi connectivity index (χ0n) is 43.9. The number of rotatable bonds is 49. The quantitative estimate of drug-likeness (QED) is 0.0196. The normalized spacial score (nSPS) is 19.2. The molecule has 0 aliphatic carbocycles. The van der Waals surface area contributed by atoms with Gasteiger partial charge in [0.05, 0.1) is 6.61 Å². The topological polar surface area (TPSA) is 186 Å². The molecule has 12 nitrogen and oxygen atoms in total. The molecule has 69 heavy (non-hydrogen) atoms. The summed E-state index contributed by atoms with van der Waals surface area (Å²) in [6.07, 6.45) is 45.0. The SMILES string of the molecule is CCCCC/C=C/C/C=C/CCCCCCCCCCCC(=O)OC[C@H](CO[C@H]1O[C@H](CS(=O)(=O)O)[C@@H](O)C(O)C1O)OC(=O)CCCCCCCCCCCCCCCCCCCCCCCC. The van der Waals surface area contributed by atoms with Gasteiger partial charge in [0, 0.05) is 12.8 Å². The van der Waals surface area contributed by atoms with Crippen molar-refractivity contribution in [1.82, 2.24) is 0 Å². The number of unbranched alkanes of at least 4 members (excludes halogenated alkanes) is 33. The summed E-state index contributed by atoms with van der Waals surface area (Å²) in [5, 5.41) is 31.0. The standard InChI is InChI=1S/C56H104O12S/c1-3-5-7-9-11-13-15-17-19-21-23-24-25-27-29-31-33-35-37-39-41-43-45-52(58)67-49(47-66-56-55(61)54(60)53(59)50(68-56)48-69(62,63)64)46-65-51(57)44-42-40-38-36-34-32-30-28-26-22-20-18-16-14-12-10-8-6-4-2/h12,14,18,20,49-50,53-56,59-61H,3-11,13,15-17,19,21-48H2,1-2H3,(H,62,63,64)/b14-12+,20-18+/t49-,50-,53-,54?,55?,56+/m1/s1. The van der Waals surface area contributed by atoms with Crippen molar-refractivity contribution in [2.75, 3.05) is 19.0 Å². The number of aliphatic hydroxyl groups excluding tert-OH is 3. The van der Waals surface area contributed by atoms with E-state index in [1.807, 2.05) is 0 Å². The average Bonchev–Trinajstić information content (AvgIpc) is 3.32. The molecule has 0 saturated carbocycles. The van der Waals surface area contributed by atoms with Crippen LogP contribution in [0.15, 0.2) is 24.3 Å². The Morgan fingerprint density at radius 3 is 1.30 bits per heavy atom. The molecule has 1 aliphatic heterocycles. The van der Waals surface area contributed by atoms with Crippen molar-refractivity contribution in [2.24, 2.45) is 0 Å². The minimum absolute atomic E-state index is 0.169. The molecule has 1 heterocycles. The van der Waals surface area contributed by atoms with Crippen LogP contribution in [-0.2, 0) is 38.7 Å². The third-order valence-electron chi connectivity index (χ3n) is 13.3. The zero-order valence-corrected chi connectivity index (χ0v) is 44.8. The van der Waals surface area contributed by atoms with E-state index in [1.165, 1.54) is 173 Å². The molecular formula is C56H104O12S. The van der Waals surface area contributed by atoms with Gasteiger partial charge in [0.1, 0.15) is 36.8 Å². The highest BCUT2D eigenvalue weighted by Crippen LogP contribution is 2.24. The lowest BCUT2D eigenvalue weighted by Gasteiger charge is -2.40. The Hall–Kier alpha value is -1.87. The molecule has 2 unspecified atom stereocenters. The van der Waals surface area contributed by atoms with Crippen LogP contribution in [0, 0.1) is 0 Å². The lowest BCUT2D eigenvalue weighted by atomic mass is 10.00. The van der Waals surface area contributed by atoms with Gasteiger partial charge in [-0.3, -0.25) is 14.1 Å². The van der Waals surface area contributed by atoms with Gasteiger partial charge in [-0.1, -0.05) is 231 Å².